The molecule has 0 atom stereocenters. The van der Waals surface area contributed by atoms with Gasteiger partial charge in [0.05, 0.1) is 0 Å². The Kier molecular flexibility index (Phi) is 3.25. The Bertz CT molecular complexity index is 263. The highest BCUT2D eigenvalue weighted by molar-refractivity contribution is 6.83. The molecule has 0 saturated heterocycles. The molecule has 2 N–H and O–H groups in total. The lowest BCUT2D eigenvalue weighted by Crippen LogP contribution is -2.41. The second-order valence-corrected chi connectivity index (χ2v) is 7.48. The fourth-order valence-corrected chi connectivity index (χ4v) is 2.22. The molecule has 72 valence electrons. The summed E-state index contributed by atoms with van der Waals surface area (Å²) >= 11 is 0. The Hall–Kier alpha value is -0.643. The largest absolute Gasteiger partial charge is 0.428 e. The molecule has 0 bridgehead atoms. The third-order valence-corrected chi connectivity index (χ3v) is 3.79. The summed E-state index contributed by atoms with van der Waals surface area (Å²) < 4.78 is 0. The average molecular weight is 195 g/mol. The molecule has 3 heteroatoms. The second kappa shape index (κ2) is 4.04. The van der Waals surface area contributed by atoms with Crippen LogP contribution >= 0.6 is 0 Å². The van der Waals surface area contributed by atoms with Crippen molar-refractivity contribution in [3.05, 3.63) is 29.8 Å². The summed E-state index contributed by atoms with van der Waals surface area (Å²) in [4.78, 5) is 9.83. The van der Waals surface area contributed by atoms with E-state index in [0.29, 0.717) is 0 Å². The number of nitrogens with one attached hydrogen (secondary N) is 1. The van der Waals surface area contributed by atoms with Crippen molar-refractivity contribution in [2.45, 2.75) is 19.6 Å². The summed E-state index contributed by atoms with van der Waals surface area (Å²) in [6, 6.07) is 8.19. The van der Waals surface area contributed by atoms with E-state index in [0.717, 1.165) is 11.7 Å². The Morgan fingerprint density at radius 3 is 2.15 bits per heavy atom. The molecule has 0 aliphatic rings. The quantitative estimate of drug-likeness (QED) is 0.700. The lowest BCUT2D eigenvalue weighted by molar-refractivity contribution is 0.568. The molecule has 0 fully saturated rings. The summed E-state index contributed by atoms with van der Waals surface area (Å²) in [5.41, 5.74) is 1.25. The molecular weight excluding hydrogens is 178 g/mol. The maximum absolute atomic E-state index is 9.83. The van der Waals surface area contributed by atoms with Gasteiger partial charge in [-0.25, -0.2) is 0 Å². The molecule has 0 unspecified atom stereocenters. The highest BCUT2D eigenvalue weighted by atomic mass is 28.4. The van der Waals surface area contributed by atoms with Gasteiger partial charge in [-0.2, -0.15) is 0 Å². The maximum atomic E-state index is 9.83. The van der Waals surface area contributed by atoms with E-state index in [9.17, 15) is 4.80 Å². The van der Waals surface area contributed by atoms with Crippen LogP contribution in [0, 0.1) is 0 Å². The van der Waals surface area contributed by atoms with Crippen LogP contribution in [-0.4, -0.2) is 20.2 Å². The number of hydrogen-bond donors (Lipinski definition) is 2. The van der Waals surface area contributed by atoms with Crippen LogP contribution in [0.4, 0.5) is 0 Å². The monoisotopic (exact) mass is 195 g/mol. The van der Waals surface area contributed by atoms with E-state index in [1.54, 1.807) is 0 Å². The first-order chi connectivity index (χ1) is 6.04. The minimum absolute atomic E-state index is 0.883. The molecule has 1 rings (SSSR count). The van der Waals surface area contributed by atoms with Crippen LogP contribution in [0.2, 0.25) is 13.1 Å². The Balaban J connectivity index is 2.81. The normalized spacial score (nSPS) is 11.7. The molecule has 1 aromatic carbocycles. The number of benzene rings is 1. The van der Waals surface area contributed by atoms with E-state index in [-0.39, 0.29) is 0 Å². The molecule has 1 aromatic rings. The summed E-state index contributed by atoms with van der Waals surface area (Å²) in [5.74, 6) is 0. The van der Waals surface area contributed by atoms with E-state index in [1.165, 1.54) is 5.56 Å². The van der Waals surface area contributed by atoms with Gasteiger partial charge in [0.15, 0.2) is 0 Å². The van der Waals surface area contributed by atoms with Gasteiger partial charge >= 0.3 is 0 Å². The molecule has 13 heavy (non-hydrogen) atoms. The lowest BCUT2D eigenvalue weighted by Gasteiger charge is -2.14. The molecule has 0 radical (unpaired) electrons. The summed E-state index contributed by atoms with van der Waals surface area (Å²) in [7, 11) is -0.170. The van der Waals surface area contributed by atoms with Crippen LogP contribution in [0.25, 0.3) is 0 Å². The van der Waals surface area contributed by atoms with Gasteiger partial charge in [-0.3, -0.25) is 0 Å². The zero-order valence-corrected chi connectivity index (χ0v) is 9.46. The maximum Gasteiger partial charge on any atom is 0.213 e. The van der Waals surface area contributed by atoms with Crippen LogP contribution in [0.1, 0.15) is 5.56 Å². The average Bonchev–Trinajstić information content (AvgIpc) is 2.04. The van der Waals surface area contributed by atoms with Crippen LogP contribution < -0.4 is 10.5 Å². The van der Waals surface area contributed by atoms with Crippen molar-refractivity contribution in [1.82, 2.24) is 5.32 Å². The Morgan fingerprint density at radius 1 is 1.23 bits per heavy atom. The van der Waals surface area contributed by atoms with Gasteiger partial charge in [0.1, 0.15) is 0 Å². The van der Waals surface area contributed by atoms with E-state index in [1.807, 2.05) is 32.3 Å². The fourth-order valence-electron chi connectivity index (χ4n) is 1.23. The van der Waals surface area contributed by atoms with Crippen molar-refractivity contribution in [3.63, 3.8) is 0 Å². The predicted octanol–water partition coefficient (Wildman–Crippen LogP) is 0.810. The summed E-state index contributed by atoms with van der Waals surface area (Å²) in [6.45, 7) is 4.74. The molecule has 0 aliphatic heterocycles. The van der Waals surface area contributed by atoms with E-state index in [2.05, 4.69) is 17.4 Å². The molecule has 0 amide bonds. The SMILES string of the molecule is CNCc1ccc([Si](C)(C)O)cc1. The van der Waals surface area contributed by atoms with E-state index >= 15 is 0 Å². The van der Waals surface area contributed by atoms with Gasteiger partial charge in [-0.05, 0) is 30.9 Å². The van der Waals surface area contributed by atoms with Gasteiger partial charge in [0, 0.05) is 6.54 Å². The summed E-state index contributed by atoms with van der Waals surface area (Å²) in [6.07, 6.45) is 0. The zero-order chi connectivity index (χ0) is 9.90. The van der Waals surface area contributed by atoms with Crippen molar-refractivity contribution in [3.8, 4) is 0 Å². The smallest absolute Gasteiger partial charge is 0.213 e. The first-order valence-corrected chi connectivity index (χ1v) is 7.45. The van der Waals surface area contributed by atoms with E-state index < -0.39 is 8.32 Å². The van der Waals surface area contributed by atoms with Crippen molar-refractivity contribution in [2.75, 3.05) is 7.05 Å². The first-order valence-electron chi connectivity index (χ1n) is 4.50. The number of hydrogen-bond acceptors (Lipinski definition) is 2. The standard InChI is InChI=1S/C10H17NOSi/c1-11-8-9-4-6-10(7-5-9)13(2,3)12/h4-7,11-12H,8H2,1-3H3. The van der Waals surface area contributed by atoms with Gasteiger partial charge in [0.25, 0.3) is 0 Å². The van der Waals surface area contributed by atoms with Gasteiger partial charge in [0.2, 0.25) is 8.32 Å². The molecule has 0 aliphatic carbocycles. The van der Waals surface area contributed by atoms with Crippen LogP contribution in [-0.2, 0) is 6.54 Å². The van der Waals surface area contributed by atoms with Gasteiger partial charge in [-0.15, -0.1) is 0 Å². The molecule has 0 aromatic heterocycles. The number of rotatable bonds is 3. The predicted molar refractivity (Wildman–Crippen MR) is 58.5 cm³/mol. The van der Waals surface area contributed by atoms with Crippen LogP contribution in [0.5, 0.6) is 0 Å². The van der Waals surface area contributed by atoms with Crippen molar-refractivity contribution >= 4 is 13.5 Å². The minimum Gasteiger partial charge on any atom is -0.428 e. The molecular formula is C10H17NOSi. The Labute approximate surface area is 80.7 Å². The second-order valence-electron chi connectivity index (χ2n) is 3.79. The molecule has 0 saturated carbocycles. The molecule has 2 nitrogen and oxygen atoms in total. The van der Waals surface area contributed by atoms with Gasteiger partial charge in [-0.1, -0.05) is 24.3 Å². The van der Waals surface area contributed by atoms with Gasteiger partial charge < -0.3 is 10.1 Å². The van der Waals surface area contributed by atoms with Crippen molar-refractivity contribution in [2.24, 2.45) is 0 Å². The third-order valence-electron chi connectivity index (χ3n) is 2.04. The lowest BCUT2D eigenvalue weighted by atomic mass is 10.2. The zero-order valence-electron chi connectivity index (χ0n) is 8.46. The molecule has 0 heterocycles. The molecule has 0 spiro atoms. The first kappa shape index (κ1) is 10.4. The topological polar surface area (TPSA) is 32.3 Å². The minimum atomic E-state index is -2.10. The highest BCUT2D eigenvalue weighted by Gasteiger charge is 2.19. The van der Waals surface area contributed by atoms with Crippen molar-refractivity contribution in [1.29, 1.82) is 0 Å². The van der Waals surface area contributed by atoms with Crippen LogP contribution in [0.15, 0.2) is 24.3 Å². The van der Waals surface area contributed by atoms with Crippen molar-refractivity contribution < 1.29 is 4.80 Å². The Morgan fingerprint density at radius 2 is 1.77 bits per heavy atom. The van der Waals surface area contributed by atoms with E-state index in [4.69, 9.17) is 0 Å². The summed E-state index contributed by atoms with van der Waals surface area (Å²) in [5, 5.41) is 4.18. The fraction of sp³-hybridized carbons (Fsp3) is 0.400. The van der Waals surface area contributed by atoms with Crippen LogP contribution in [0.3, 0.4) is 0 Å². The highest BCUT2D eigenvalue weighted by Crippen LogP contribution is 2.01. The third kappa shape index (κ3) is 2.95.